The summed E-state index contributed by atoms with van der Waals surface area (Å²) < 4.78 is 11.3. The van der Waals surface area contributed by atoms with Gasteiger partial charge in [-0.2, -0.15) is 0 Å². The van der Waals surface area contributed by atoms with Crippen molar-refractivity contribution in [1.82, 2.24) is 0 Å². The van der Waals surface area contributed by atoms with E-state index in [1.165, 1.54) is 43.4 Å². The number of aryl methyl sites for hydroxylation is 1. The Balaban J connectivity index is 1.87. The predicted octanol–water partition coefficient (Wildman–Crippen LogP) is 8.07. The summed E-state index contributed by atoms with van der Waals surface area (Å²) >= 11 is 0. The molecule has 0 fully saturated rings. The van der Waals surface area contributed by atoms with Crippen molar-refractivity contribution in [2.45, 2.75) is 13.8 Å². The number of benzene rings is 2. The second-order valence-electron chi connectivity index (χ2n) is 8.79. The van der Waals surface area contributed by atoms with Gasteiger partial charge in [-0.15, -0.1) is 0 Å². The highest BCUT2D eigenvalue weighted by Gasteiger charge is 2.10. The minimum absolute atomic E-state index is 0.142. The minimum Gasteiger partial charge on any atom is -0.459 e. The number of hydrogen-bond acceptors (Lipinski definition) is 5. The van der Waals surface area contributed by atoms with Crippen LogP contribution < -0.4 is 4.74 Å². The van der Waals surface area contributed by atoms with Crippen molar-refractivity contribution in [3.63, 3.8) is 0 Å². The van der Waals surface area contributed by atoms with E-state index in [2.05, 4.69) is 39.5 Å². The van der Waals surface area contributed by atoms with E-state index in [9.17, 15) is 14.4 Å². The summed E-state index contributed by atoms with van der Waals surface area (Å²) in [4.78, 5) is 36.3. The molecule has 2 rings (SSSR count). The van der Waals surface area contributed by atoms with Gasteiger partial charge in [-0.05, 0) is 74.5 Å². The Hall–Kier alpha value is -5.29. The Labute approximate surface area is 235 Å². The molecule has 40 heavy (non-hydrogen) atoms. The smallest absolute Gasteiger partial charge is 0.192 e. The normalized spacial score (nSPS) is 10.8. The summed E-state index contributed by atoms with van der Waals surface area (Å²) in [6, 6.07) is 14.4. The molecule has 0 heterocycles. The van der Waals surface area contributed by atoms with Crippen LogP contribution in [0, 0.1) is 6.92 Å². The molecular formula is C35H32O5. The molecule has 0 aliphatic heterocycles. The van der Waals surface area contributed by atoms with Gasteiger partial charge in [0.05, 0.1) is 0 Å². The first-order chi connectivity index (χ1) is 18.9. The quantitative estimate of drug-likeness (QED) is 0.100. The number of rotatable bonds is 15. The van der Waals surface area contributed by atoms with E-state index >= 15 is 0 Å². The van der Waals surface area contributed by atoms with Crippen LogP contribution in [-0.4, -0.2) is 17.3 Å². The lowest BCUT2D eigenvalue weighted by molar-refractivity contribution is -0.113. The first-order valence-corrected chi connectivity index (χ1v) is 12.2. The molecular weight excluding hydrogens is 500 g/mol. The third-order valence-electron chi connectivity index (χ3n) is 5.39. The molecule has 0 amide bonds. The molecule has 0 radical (unpaired) electrons. The van der Waals surface area contributed by atoms with E-state index < -0.39 is 5.78 Å². The van der Waals surface area contributed by atoms with Crippen molar-refractivity contribution in [2.75, 3.05) is 0 Å². The molecule has 0 atom stereocenters. The topological polar surface area (TPSA) is 69.7 Å². The molecule has 0 aromatic heterocycles. The highest BCUT2D eigenvalue weighted by molar-refractivity contribution is 6.11. The van der Waals surface area contributed by atoms with Gasteiger partial charge in [0.25, 0.3) is 0 Å². The molecule has 5 heteroatoms. The lowest BCUT2D eigenvalue weighted by Gasteiger charge is -2.07. The molecule has 0 spiro atoms. The molecule has 0 aliphatic carbocycles. The third kappa shape index (κ3) is 9.88. The summed E-state index contributed by atoms with van der Waals surface area (Å²) in [5.41, 5.74) is 2.37. The van der Waals surface area contributed by atoms with Gasteiger partial charge in [0.2, 0.25) is 0 Å². The number of ketones is 3. The Bertz CT molecular complexity index is 1470. The summed E-state index contributed by atoms with van der Waals surface area (Å²) in [6.45, 7) is 25.7. The van der Waals surface area contributed by atoms with Crippen LogP contribution in [0.5, 0.6) is 11.5 Å². The number of carbonyl (C=O) groups is 3. The zero-order chi connectivity index (χ0) is 29.8. The molecule has 0 saturated heterocycles. The largest absolute Gasteiger partial charge is 0.459 e. The summed E-state index contributed by atoms with van der Waals surface area (Å²) in [7, 11) is 0. The van der Waals surface area contributed by atoms with Crippen LogP contribution in [0.2, 0.25) is 0 Å². The van der Waals surface area contributed by atoms with Gasteiger partial charge < -0.3 is 9.47 Å². The van der Waals surface area contributed by atoms with Crippen molar-refractivity contribution in [3.8, 4) is 11.5 Å². The molecule has 0 saturated carbocycles. The minimum atomic E-state index is -0.417. The Kier molecular flexibility index (Phi) is 11.3. The number of allylic oxidation sites excluding steroid dienone is 10. The maximum absolute atomic E-state index is 12.7. The van der Waals surface area contributed by atoms with Gasteiger partial charge >= 0.3 is 0 Å². The van der Waals surface area contributed by atoms with Crippen LogP contribution in [0.25, 0.3) is 0 Å². The van der Waals surface area contributed by atoms with Crippen molar-refractivity contribution >= 4 is 17.3 Å². The SMILES string of the molecule is C=C(/C=C\C(=C)C(=O)C(=C)/C=C\C(=C)C(C)=O)OC(=C)/C=C\C(=C)C(=O)c1ccc(Oc2ccc(C)cc2)cc1. The Morgan fingerprint density at radius 2 is 1.02 bits per heavy atom. The van der Waals surface area contributed by atoms with Crippen LogP contribution in [-0.2, 0) is 14.3 Å². The van der Waals surface area contributed by atoms with Gasteiger partial charge in [0, 0.05) is 27.9 Å². The first kappa shape index (κ1) is 30.9. The van der Waals surface area contributed by atoms with Crippen LogP contribution >= 0.6 is 0 Å². The molecule has 2 aromatic carbocycles. The molecule has 2 aromatic rings. The van der Waals surface area contributed by atoms with Crippen molar-refractivity contribution in [1.29, 1.82) is 0 Å². The Morgan fingerprint density at radius 3 is 1.52 bits per heavy atom. The number of carbonyl (C=O) groups excluding carboxylic acids is 3. The average Bonchev–Trinajstić information content (AvgIpc) is 2.93. The van der Waals surface area contributed by atoms with Crippen LogP contribution in [0.15, 0.2) is 158 Å². The molecule has 5 nitrogen and oxygen atoms in total. The molecule has 0 aliphatic rings. The van der Waals surface area contributed by atoms with Crippen molar-refractivity contribution < 1.29 is 23.9 Å². The predicted molar refractivity (Wildman–Crippen MR) is 161 cm³/mol. The van der Waals surface area contributed by atoms with E-state index in [4.69, 9.17) is 9.47 Å². The highest BCUT2D eigenvalue weighted by atomic mass is 16.5. The van der Waals surface area contributed by atoms with E-state index in [-0.39, 0.29) is 45.4 Å². The van der Waals surface area contributed by atoms with E-state index in [1.54, 1.807) is 24.3 Å². The fourth-order valence-corrected chi connectivity index (χ4v) is 2.98. The van der Waals surface area contributed by atoms with Crippen LogP contribution in [0.1, 0.15) is 22.8 Å². The summed E-state index contributed by atoms with van der Waals surface area (Å²) in [5, 5.41) is 0. The fourth-order valence-electron chi connectivity index (χ4n) is 2.98. The zero-order valence-electron chi connectivity index (χ0n) is 22.9. The zero-order valence-corrected chi connectivity index (χ0v) is 22.9. The number of Topliss-reactive ketones (excluding diaryl/α,β-unsaturated/α-hetero) is 3. The second-order valence-corrected chi connectivity index (χ2v) is 8.79. The second kappa shape index (κ2) is 14.6. The van der Waals surface area contributed by atoms with Gasteiger partial charge in [0.1, 0.15) is 23.0 Å². The number of ether oxygens (including phenoxy) is 2. The molecule has 0 N–H and O–H groups in total. The van der Waals surface area contributed by atoms with E-state index in [1.807, 2.05) is 31.2 Å². The molecule has 0 bridgehead atoms. The molecule has 0 unspecified atom stereocenters. The van der Waals surface area contributed by atoms with Crippen LogP contribution in [0.3, 0.4) is 0 Å². The van der Waals surface area contributed by atoms with Crippen molar-refractivity contribution in [3.05, 3.63) is 169 Å². The maximum atomic E-state index is 12.7. The van der Waals surface area contributed by atoms with Crippen LogP contribution in [0.4, 0.5) is 0 Å². The first-order valence-electron chi connectivity index (χ1n) is 12.2. The van der Waals surface area contributed by atoms with E-state index in [0.717, 1.165) is 5.56 Å². The van der Waals surface area contributed by atoms with Gasteiger partial charge in [-0.3, -0.25) is 14.4 Å². The Morgan fingerprint density at radius 1 is 0.600 bits per heavy atom. The lowest BCUT2D eigenvalue weighted by Crippen LogP contribution is -2.01. The van der Waals surface area contributed by atoms with Crippen molar-refractivity contribution in [2.24, 2.45) is 0 Å². The third-order valence-corrected chi connectivity index (χ3v) is 5.39. The summed E-state index contributed by atoms with van der Waals surface area (Å²) in [5.74, 6) is 0.829. The lowest BCUT2D eigenvalue weighted by atomic mass is 10.0. The van der Waals surface area contributed by atoms with Gasteiger partial charge in [0.15, 0.2) is 17.3 Å². The maximum Gasteiger partial charge on any atom is 0.192 e. The summed E-state index contributed by atoms with van der Waals surface area (Å²) in [6.07, 6.45) is 8.69. The highest BCUT2D eigenvalue weighted by Crippen LogP contribution is 2.23. The fraction of sp³-hybridized carbons (Fsp3) is 0.0571. The monoisotopic (exact) mass is 532 g/mol. The average molecular weight is 533 g/mol. The van der Waals surface area contributed by atoms with E-state index in [0.29, 0.717) is 17.1 Å². The molecule has 202 valence electrons. The van der Waals surface area contributed by atoms with Gasteiger partial charge in [-0.1, -0.05) is 69.3 Å². The van der Waals surface area contributed by atoms with Gasteiger partial charge in [-0.25, -0.2) is 0 Å². The number of hydrogen-bond donors (Lipinski definition) is 0. The standard InChI is InChI=1S/C35H32O5/c1-23-9-19-32(20-10-23)40-33-21-17-31(18-22-33)35(38)27(5)14-16-29(7)39-28(6)15-13-26(4)34(37)25(3)12-11-24(2)30(8)36/h9-22H,2-7H2,1,8H3/b12-11-,15-13-,16-14-.